The Labute approximate surface area is 145 Å². The fourth-order valence-corrected chi connectivity index (χ4v) is 2.52. The van der Waals surface area contributed by atoms with E-state index in [1.165, 1.54) is 0 Å². The van der Waals surface area contributed by atoms with Crippen molar-refractivity contribution < 1.29 is 9.32 Å². The highest BCUT2D eigenvalue weighted by atomic mass is 16.5. The molecule has 0 radical (unpaired) electrons. The molecule has 0 atom stereocenters. The minimum atomic E-state index is -0.163. The molecular formula is C17H22N6O2. The number of nitrogens with zero attached hydrogens (tertiary/aromatic N) is 4. The molecule has 0 unspecified atom stereocenters. The Morgan fingerprint density at radius 1 is 1.32 bits per heavy atom. The maximum absolute atomic E-state index is 12.2. The quantitative estimate of drug-likeness (QED) is 0.683. The second kappa shape index (κ2) is 7.43. The van der Waals surface area contributed by atoms with Crippen LogP contribution in [0.5, 0.6) is 0 Å². The second-order valence-corrected chi connectivity index (χ2v) is 6.53. The van der Waals surface area contributed by atoms with Crippen molar-refractivity contribution in [3.05, 3.63) is 36.0 Å². The number of imidazole rings is 1. The van der Waals surface area contributed by atoms with Crippen molar-refractivity contribution in [1.82, 2.24) is 25.0 Å². The first kappa shape index (κ1) is 17.1. The number of H-pyrrole nitrogens is 1. The van der Waals surface area contributed by atoms with Gasteiger partial charge in [0.2, 0.25) is 17.7 Å². The van der Waals surface area contributed by atoms with Crippen LogP contribution < -0.4 is 5.32 Å². The summed E-state index contributed by atoms with van der Waals surface area (Å²) < 4.78 is 5.22. The van der Waals surface area contributed by atoms with Crippen molar-refractivity contribution in [2.24, 2.45) is 5.92 Å². The van der Waals surface area contributed by atoms with Crippen molar-refractivity contribution in [3.8, 4) is 0 Å². The first-order chi connectivity index (χ1) is 12.0. The molecule has 8 heteroatoms. The molecule has 3 aromatic rings. The van der Waals surface area contributed by atoms with Gasteiger partial charge in [-0.15, -0.1) is 0 Å². The van der Waals surface area contributed by atoms with Gasteiger partial charge < -0.3 is 9.51 Å². The zero-order valence-corrected chi connectivity index (χ0v) is 14.6. The molecule has 25 heavy (non-hydrogen) atoms. The smallest absolute Gasteiger partial charge is 0.240 e. The number of benzene rings is 1. The van der Waals surface area contributed by atoms with Crippen LogP contribution in [0.25, 0.3) is 11.0 Å². The van der Waals surface area contributed by atoms with Crippen molar-refractivity contribution in [2.75, 3.05) is 18.9 Å². The lowest BCUT2D eigenvalue weighted by Crippen LogP contribution is -2.30. The van der Waals surface area contributed by atoms with Crippen LogP contribution in [-0.4, -0.2) is 44.5 Å². The standard InChI is InChI=1S/C17H22N6O2/c1-11(2)8-14-20-16(25-22-14)10-23(3)9-15(24)21-17-18-12-6-4-5-7-13(12)19-17/h4-7,11H,8-10H2,1-3H3,(H2,18,19,21,24). The molecule has 0 aliphatic heterocycles. The summed E-state index contributed by atoms with van der Waals surface area (Å²) in [6.45, 7) is 4.81. The highest BCUT2D eigenvalue weighted by molar-refractivity contribution is 5.92. The molecule has 0 aliphatic rings. The average molecular weight is 342 g/mol. The third-order valence-electron chi connectivity index (χ3n) is 3.57. The average Bonchev–Trinajstić information content (AvgIpc) is 3.12. The molecule has 2 heterocycles. The van der Waals surface area contributed by atoms with E-state index in [0.29, 0.717) is 30.1 Å². The minimum Gasteiger partial charge on any atom is -0.338 e. The number of carbonyl (C=O) groups excluding carboxylic acids is 1. The Bertz CT molecular complexity index is 821. The lowest BCUT2D eigenvalue weighted by atomic mass is 10.1. The van der Waals surface area contributed by atoms with Gasteiger partial charge in [0, 0.05) is 6.42 Å². The van der Waals surface area contributed by atoms with Crippen LogP contribution in [0.3, 0.4) is 0 Å². The predicted octanol–water partition coefficient (Wildman–Crippen LogP) is 2.21. The number of para-hydroxylation sites is 2. The minimum absolute atomic E-state index is 0.163. The van der Waals surface area contributed by atoms with E-state index in [0.717, 1.165) is 17.5 Å². The number of hydrogen-bond acceptors (Lipinski definition) is 6. The van der Waals surface area contributed by atoms with Crippen molar-refractivity contribution in [1.29, 1.82) is 0 Å². The molecule has 3 rings (SSSR count). The topological polar surface area (TPSA) is 99.9 Å². The SMILES string of the molecule is CC(C)Cc1noc(CN(C)CC(=O)Nc2nc3ccccc3[nH]2)n1. The summed E-state index contributed by atoms with van der Waals surface area (Å²) in [5, 5.41) is 6.72. The largest absolute Gasteiger partial charge is 0.338 e. The van der Waals surface area contributed by atoms with Crippen molar-refractivity contribution >= 4 is 22.9 Å². The number of aromatic amines is 1. The van der Waals surface area contributed by atoms with Crippen LogP contribution >= 0.6 is 0 Å². The number of hydrogen-bond donors (Lipinski definition) is 2. The predicted molar refractivity (Wildman–Crippen MR) is 93.9 cm³/mol. The van der Waals surface area contributed by atoms with Crippen molar-refractivity contribution in [3.63, 3.8) is 0 Å². The van der Waals surface area contributed by atoms with E-state index in [4.69, 9.17) is 4.52 Å². The van der Waals surface area contributed by atoms with Crippen LogP contribution in [0.2, 0.25) is 0 Å². The molecule has 0 fully saturated rings. The lowest BCUT2D eigenvalue weighted by molar-refractivity contribution is -0.117. The number of fused-ring (bicyclic) bond motifs is 1. The Hall–Kier alpha value is -2.74. The van der Waals surface area contributed by atoms with Gasteiger partial charge in [-0.05, 0) is 25.1 Å². The number of nitrogens with one attached hydrogen (secondary N) is 2. The fraction of sp³-hybridized carbons (Fsp3) is 0.412. The summed E-state index contributed by atoms with van der Waals surface area (Å²) in [4.78, 5) is 25.7. The summed E-state index contributed by atoms with van der Waals surface area (Å²) >= 11 is 0. The van der Waals surface area contributed by atoms with Gasteiger partial charge in [-0.2, -0.15) is 4.98 Å². The molecule has 0 saturated carbocycles. The van der Waals surface area contributed by atoms with Gasteiger partial charge in [0.1, 0.15) is 0 Å². The van der Waals surface area contributed by atoms with Gasteiger partial charge in [-0.3, -0.25) is 15.0 Å². The number of anilines is 1. The monoisotopic (exact) mass is 342 g/mol. The van der Waals surface area contributed by atoms with Gasteiger partial charge in [-0.25, -0.2) is 4.98 Å². The van der Waals surface area contributed by atoms with Gasteiger partial charge in [0.25, 0.3) is 0 Å². The zero-order valence-electron chi connectivity index (χ0n) is 14.6. The molecule has 1 aromatic carbocycles. The van der Waals surface area contributed by atoms with E-state index in [2.05, 4.69) is 39.3 Å². The van der Waals surface area contributed by atoms with Gasteiger partial charge in [-0.1, -0.05) is 31.1 Å². The van der Waals surface area contributed by atoms with E-state index in [1.807, 2.05) is 36.2 Å². The van der Waals surface area contributed by atoms with Gasteiger partial charge >= 0.3 is 0 Å². The summed E-state index contributed by atoms with van der Waals surface area (Å²) in [5.74, 6) is 1.96. The number of likely N-dealkylation sites (N-methyl/N-ethyl adjacent to an activating group) is 1. The van der Waals surface area contributed by atoms with Crippen LogP contribution in [0.4, 0.5) is 5.95 Å². The summed E-state index contributed by atoms with van der Waals surface area (Å²) in [6, 6.07) is 7.62. The van der Waals surface area contributed by atoms with E-state index >= 15 is 0 Å². The maximum atomic E-state index is 12.2. The maximum Gasteiger partial charge on any atom is 0.240 e. The zero-order chi connectivity index (χ0) is 17.8. The molecule has 0 aliphatic carbocycles. The van der Waals surface area contributed by atoms with Gasteiger partial charge in [0.15, 0.2) is 5.82 Å². The molecule has 132 valence electrons. The van der Waals surface area contributed by atoms with E-state index in [9.17, 15) is 4.79 Å². The molecule has 1 amide bonds. The fourth-order valence-electron chi connectivity index (χ4n) is 2.52. The third-order valence-corrected chi connectivity index (χ3v) is 3.57. The Kier molecular flexibility index (Phi) is 5.08. The Balaban J connectivity index is 1.52. The molecule has 2 aromatic heterocycles. The van der Waals surface area contributed by atoms with E-state index in [-0.39, 0.29) is 12.5 Å². The lowest BCUT2D eigenvalue weighted by Gasteiger charge is -2.12. The first-order valence-corrected chi connectivity index (χ1v) is 8.24. The highest BCUT2D eigenvalue weighted by Gasteiger charge is 2.14. The summed E-state index contributed by atoms with van der Waals surface area (Å²) in [6.07, 6.45) is 0.778. The number of carbonyl (C=O) groups is 1. The molecule has 2 N–H and O–H groups in total. The first-order valence-electron chi connectivity index (χ1n) is 8.24. The molecule has 0 saturated heterocycles. The number of amides is 1. The van der Waals surface area contributed by atoms with Crippen LogP contribution in [-0.2, 0) is 17.8 Å². The highest BCUT2D eigenvalue weighted by Crippen LogP contribution is 2.13. The van der Waals surface area contributed by atoms with Crippen LogP contribution in [0, 0.1) is 5.92 Å². The van der Waals surface area contributed by atoms with Gasteiger partial charge in [0.05, 0.1) is 24.1 Å². The molecule has 0 bridgehead atoms. The Morgan fingerprint density at radius 2 is 2.12 bits per heavy atom. The van der Waals surface area contributed by atoms with Crippen LogP contribution in [0.1, 0.15) is 25.6 Å². The van der Waals surface area contributed by atoms with E-state index in [1.54, 1.807) is 0 Å². The number of rotatable bonds is 7. The summed E-state index contributed by atoms with van der Waals surface area (Å²) in [5.41, 5.74) is 1.70. The molecule has 8 nitrogen and oxygen atoms in total. The second-order valence-electron chi connectivity index (χ2n) is 6.53. The van der Waals surface area contributed by atoms with Crippen molar-refractivity contribution in [2.45, 2.75) is 26.8 Å². The summed E-state index contributed by atoms with van der Waals surface area (Å²) in [7, 11) is 1.82. The van der Waals surface area contributed by atoms with E-state index < -0.39 is 0 Å². The number of aromatic nitrogens is 4. The van der Waals surface area contributed by atoms with Crippen LogP contribution in [0.15, 0.2) is 28.8 Å². The molecule has 0 spiro atoms. The normalized spacial score (nSPS) is 11.6. The third kappa shape index (κ3) is 4.63. The molecular weight excluding hydrogens is 320 g/mol. The Morgan fingerprint density at radius 3 is 2.88 bits per heavy atom.